The molecule has 1 aliphatic heterocycles. The summed E-state index contributed by atoms with van der Waals surface area (Å²) in [6.45, 7) is 5.19. The first-order valence-electron chi connectivity index (χ1n) is 12.3. The number of pyridine rings is 2. The van der Waals surface area contributed by atoms with Crippen LogP contribution in [0.1, 0.15) is 44.2 Å². The van der Waals surface area contributed by atoms with Crippen LogP contribution in [-0.2, 0) is 4.74 Å². The largest absolute Gasteiger partial charge is 0.472 e. The Bertz CT molecular complexity index is 1180. The number of nitrogens with one attached hydrogen (secondary N) is 1. The van der Waals surface area contributed by atoms with E-state index in [2.05, 4.69) is 20.0 Å². The molecule has 4 heterocycles. The fourth-order valence-corrected chi connectivity index (χ4v) is 5.10. The van der Waals surface area contributed by atoms with E-state index in [0.717, 1.165) is 54.8 Å². The van der Waals surface area contributed by atoms with Crippen molar-refractivity contribution >= 4 is 22.5 Å². The Kier molecular flexibility index (Phi) is 6.73. The van der Waals surface area contributed by atoms with E-state index in [0.29, 0.717) is 12.1 Å². The van der Waals surface area contributed by atoms with Crippen molar-refractivity contribution < 1.29 is 18.3 Å². The predicted octanol–water partition coefficient (Wildman–Crippen LogP) is 4.44. The molecule has 0 spiro atoms. The molecule has 35 heavy (non-hydrogen) atoms. The lowest BCUT2D eigenvalue weighted by atomic mass is 9.93. The number of halogens is 2. The molecule has 5 rings (SSSR count). The molecule has 2 atom stereocenters. The lowest BCUT2D eigenvalue weighted by Gasteiger charge is -2.29. The molecule has 0 amide bonds. The highest BCUT2D eigenvalue weighted by atomic mass is 19.1. The third-order valence-electron chi connectivity index (χ3n) is 7.05. The molecule has 8 nitrogen and oxygen atoms in total. The van der Waals surface area contributed by atoms with Crippen LogP contribution in [0.3, 0.4) is 0 Å². The van der Waals surface area contributed by atoms with E-state index >= 15 is 0 Å². The van der Waals surface area contributed by atoms with E-state index in [4.69, 9.17) is 14.6 Å². The second kappa shape index (κ2) is 9.93. The van der Waals surface area contributed by atoms with E-state index in [1.54, 1.807) is 26.3 Å². The third kappa shape index (κ3) is 4.63. The van der Waals surface area contributed by atoms with E-state index in [1.807, 2.05) is 24.1 Å². The Balaban J connectivity index is 1.38. The minimum atomic E-state index is -1.06. The van der Waals surface area contributed by atoms with Crippen molar-refractivity contribution in [1.29, 1.82) is 0 Å². The van der Waals surface area contributed by atoms with Gasteiger partial charge in [0.1, 0.15) is 24.2 Å². The van der Waals surface area contributed by atoms with Gasteiger partial charge in [-0.1, -0.05) is 0 Å². The summed E-state index contributed by atoms with van der Waals surface area (Å²) in [5.41, 5.74) is 1.50. The van der Waals surface area contributed by atoms with Crippen molar-refractivity contribution in [3.8, 4) is 5.88 Å². The van der Waals surface area contributed by atoms with Crippen molar-refractivity contribution in [2.45, 2.75) is 64.0 Å². The number of anilines is 2. The number of alkyl halides is 1. The smallest absolute Gasteiger partial charge is 0.250 e. The van der Waals surface area contributed by atoms with Crippen LogP contribution in [0.25, 0.3) is 10.9 Å². The molecule has 1 aliphatic carbocycles. The van der Waals surface area contributed by atoms with Crippen LogP contribution in [0.2, 0.25) is 0 Å². The molecule has 0 bridgehead atoms. The summed E-state index contributed by atoms with van der Waals surface area (Å²) in [6.07, 6.45) is 4.97. The Labute approximate surface area is 203 Å². The molecule has 1 saturated heterocycles. The molecule has 0 radical (unpaired) electrons. The highest BCUT2D eigenvalue weighted by Gasteiger charge is 2.36. The van der Waals surface area contributed by atoms with Gasteiger partial charge in [0.25, 0.3) is 5.88 Å². The Morgan fingerprint density at radius 2 is 1.97 bits per heavy atom. The summed E-state index contributed by atoms with van der Waals surface area (Å²) in [6, 6.07) is 3.80. The summed E-state index contributed by atoms with van der Waals surface area (Å²) in [5, 5.41) is 9.14. The van der Waals surface area contributed by atoms with Gasteiger partial charge < -0.3 is 19.7 Å². The SMILES string of the molecule is CCNc1cc2c(cn1)c(N1C[C@H](OC)[C@@H](F)C1)nn2C1CCC(Oc2nccc(C)c2F)CC1. The van der Waals surface area contributed by atoms with Crippen LogP contribution >= 0.6 is 0 Å². The summed E-state index contributed by atoms with van der Waals surface area (Å²) in [5.74, 6) is 1.20. The first-order valence-corrected chi connectivity index (χ1v) is 12.3. The van der Waals surface area contributed by atoms with Crippen LogP contribution < -0.4 is 15.0 Å². The van der Waals surface area contributed by atoms with Gasteiger partial charge in [0, 0.05) is 38.7 Å². The molecule has 2 fully saturated rings. The van der Waals surface area contributed by atoms with Crippen molar-refractivity contribution in [2.24, 2.45) is 0 Å². The topological polar surface area (TPSA) is 77.3 Å². The number of ether oxygens (including phenoxy) is 2. The molecule has 3 aromatic rings. The van der Waals surface area contributed by atoms with Crippen molar-refractivity contribution in [2.75, 3.05) is 37.0 Å². The van der Waals surface area contributed by atoms with Crippen molar-refractivity contribution in [3.05, 3.63) is 35.9 Å². The molecule has 0 unspecified atom stereocenters. The molecule has 1 N–H and O–H groups in total. The maximum Gasteiger partial charge on any atom is 0.250 e. The monoisotopic (exact) mass is 486 g/mol. The van der Waals surface area contributed by atoms with Crippen molar-refractivity contribution in [1.82, 2.24) is 19.7 Å². The molecule has 10 heteroatoms. The number of hydrogen-bond acceptors (Lipinski definition) is 7. The summed E-state index contributed by atoms with van der Waals surface area (Å²) in [7, 11) is 1.54. The fraction of sp³-hybridized carbons (Fsp3) is 0.560. The predicted molar refractivity (Wildman–Crippen MR) is 130 cm³/mol. The zero-order valence-electron chi connectivity index (χ0n) is 20.4. The second-order valence-corrected chi connectivity index (χ2v) is 9.38. The lowest BCUT2D eigenvalue weighted by molar-refractivity contribution is 0.0650. The molecule has 2 aliphatic rings. The first-order chi connectivity index (χ1) is 17.0. The van der Waals surface area contributed by atoms with E-state index in [1.165, 1.54) is 0 Å². The summed E-state index contributed by atoms with van der Waals surface area (Å²) in [4.78, 5) is 10.6. The third-order valence-corrected chi connectivity index (χ3v) is 7.05. The van der Waals surface area contributed by atoms with Gasteiger partial charge in [-0.15, -0.1) is 0 Å². The van der Waals surface area contributed by atoms with Crippen LogP contribution in [0, 0.1) is 12.7 Å². The number of hydrogen-bond donors (Lipinski definition) is 1. The normalized spacial score (nSPS) is 24.8. The van der Waals surface area contributed by atoms with E-state index < -0.39 is 18.1 Å². The first kappa shape index (κ1) is 23.7. The summed E-state index contributed by atoms with van der Waals surface area (Å²) >= 11 is 0. The molecule has 1 saturated carbocycles. The lowest BCUT2D eigenvalue weighted by Crippen LogP contribution is -2.27. The summed E-state index contributed by atoms with van der Waals surface area (Å²) < 4.78 is 42.1. The van der Waals surface area contributed by atoms with Gasteiger partial charge in [-0.3, -0.25) is 4.68 Å². The maximum absolute atomic E-state index is 14.5. The van der Waals surface area contributed by atoms with Gasteiger partial charge in [-0.25, -0.2) is 18.7 Å². The quantitative estimate of drug-likeness (QED) is 0.529. The minimum absolute atomic E-state index is 0.0733. The number of rotatable bonds is 7. The van der Waals surface area contributed by atoms with Crippen LogP contribution in [0.5, 0.6) is 5.88 Å². The van der Waals surface area contributed by atoms with Gasteiger partial charge >= 0.3 is 0 Å². The number of fused-ring (bicyclic) bond motifs is 1. The number of nitrogens with zero attached hydrogens (tertiary/aromatic N) is 5. The Morgan fingerprint density at radius 1 is 1.17 bits per heavy atom. The van der Waals surface area contributed by atoms with Gasteiger partial charge in [0.15, 0.2) is 11.6 Å². The number of aromatic nitrogens is 4. The van der Waals surface area contributed by atoms with Crippen LogP contribution in [-0.4, -0.2) is 64.9 Å². The molecule has 0 aromatic carbocycles. The number of aryl methyl sites for hydroxylation is 1. The average Bonchev–Trinajstić information content (AvgIpc) is 3.42. The zero-order chi connectivity index (χ0) is 24.5. The van der Waals surface area contributed by atoms with Gasteiger partial charge in [0.05, 0.1) is 23.5 Å². The fourth-order valence-electron chi connectivity index (χ4n) is 5.10. The van der Waals surface area contributed by atoms with Gasteiger partial charge in [-0.05, 0) is 51.2 Å². The van der Waals surface area contributed by atoms with Crippen LogP contribution in [0.15, 0.2) is 24.5 Å². The van der Waals surface area contributed by atoms with E-state index in [-0.39, 0.29) is 24.6 Å². The molecule has 188 valence electrons. The molecular weight excluding hydrogens is 454 g/mol. The zero-order valence-corrected chi connectivity index (χ0v) is 20.4. The Hall–Kier alpha value is -3.01. The van der Waals surface area contributed by atoms with Gasteiger partial charge in [-0.2, -0.15) is 5.10 Å². The highest BCUT2D eigenvalue weighted by Crippen LogP contribution is 2.37. The van der Waals surface area contributed by atoms with Crippen molar-refractivity contribution in [3.63, 3.8) is 0 Å². The standard InChI is InChI=1S/C25H32F2N6O2/c1-4-28-22-11-20-18(12-30-22)24(32-13-19(26)21(14-32)34-3)31-33(20)16-5-7-17(8-6-16)35-25-23(27)15(2)9-10-29-25/h9-12,16-17,19,21H,4-8,13-14H2,1-3H3,(H,28,30)/t16?,17?,19-,21-/m0/s1. The van der Waals surface area contributed by atoms with Gasteiger partial charge in [0.2, 0.25) is 0 Å². The average molecular weight is 487 g/mol. The van der Waals surface area contributed by atoms with E-state index in [9.17, 15) is 8.78 Å². The highest BCUT2D eigenvalue weighted by molar-refractivity contribution is 5.91. The maximum atomic E-state index is 14.5. The minimum Gasteiger partial charge on any atom is -0.472 e. The Morgan fingerprint density at radius 3 is 2.69 bits per heavy atom. The second-order valence-electron chi connectivity index (χ2n) is 9.38. The molecular formula is C25H32F2N6O2. The molecule has 3 aromatic heterocycles. The number of methoxy groups -OCH3 is 1. The van der Waals surface area contributed by atoms with Crippen LogP contribution in [0.4, 0.5) is 20.4 Å².